The summed E-state index contributed by atoms with van der Waals surface area (Å²) >= 11 is 0. The molecule has 4 nitrogen and oxygen atoms in total. The van der Waals surface area contributed by atoms with Crippen LogP contribution in [0.1, 0.15) is 32.3 Å². The lowest BCUT2D eigenvalue weighted by Crippen LogP contribution is -2.45. The van der Waals surface area contributed by atoms with Gasteiger partial charge in [0.2, 0.25) is 5.91 Å². The third-order valence-corrected chi connectivity index (χ3v) is 4.04. The molecular formula is C17H29ClN2O2. The second-order valence-electron chi connectivity index (χ2n) is 5.15. The van der Waals surface area contributed by atoms with E-state index in [-0.39, 0.29) is 18.3 Å². The highest BCUT2D eigenvalue weighted by molar-refractivity contribution is 5.88. The van der Waals surface area contributed by atoms with Gasteiger partial charge in [-0.1, -0.05) is 44.2 Å². The van der Waals surface area contributed by atoms with Crippen molar-refractivity contribution in [3.8, 4) is 0 Å². The Bertz CT molecular complexity index is 408. The summed E-state index contributed by atoms with van der Waals surface area (Å²) in [7, 11) is 1.68. The molecule has 0 atom stereocenters. The molecule has 0 saturated heterocycles. The van der Waals surface area contributed by atoms with E-state index in [0.717, 1.165) is 31.5 Å². The van der Waals surface area contributed by atoms with Crippen LogP contribution in [0, 0.1) is 0 Å². The van der Waals surface area contributed by atoms with E-state index < -0.39 is 5.41 Å². The normalized spacial score (nSPS) is 10.9. The third-order valence-electron chi connectivity index (χ3n) is 4.04. The maximum absolute atomic E-state index is 12.7. The van der Waals surface area contributed by atoms with Gasteiger partial charge >= 0.3 is 0 Å². The molecule has 0 bridgehead atoms. The first-order chi connectivity index (χ1) is 10.2. The summed E-state index contributed by atoms with van der Waals surface area (Å²) in [5, 5.41) is 6.29. The standard InChI is InChI=1S/C17H28N2O2.ClH/c1-4-17(5-2,15-9-7-6-8-10-15)16(20)19-12-11-18-13-14-21-3;/h6-10,18H,4-5,11-14H2,1-3H3,(H,19,20);1H. The van der Waals surface area contributed by atoms with Crippen molar-refractivity contribution in [1.82, 2.24) is 10.6 Å². The summed E-state index contributed by atoms with van der Waals surface area (Å²) in [5.74, 6) is 0.118. The van der Waals surface area contributed by atoms with E-state index in [1.807, 2.05) is 30.3 Å². The van der Waals surface area contributed by atoms with Gasteiger partial charge in [0.05, 0.1) is 12.0 Å². The van der Waals surface area contributed by atoms with Crippen LogP contribution in [0.2, 0.25) is 0 Å². The Kier molecular flexibility index (Phi) is 10.9. The fraction of sp³-hybridized carbons (Fsp3) is 0.588. The number of methoxy groups -OCH3 is 1. The highest BCUT2D eigenvalue weighted by Gasteiger charge is 2.36. The van der Waals surface area contributed by atoms with Crippen molar-refractivity contribution >= 4 is 18.3 Å². The van der Waals surface area contributed by atoms with Crippen molar-refractivity contribution in [1.29, 1.82) is 0 Å². The Morgan fingerprint density at radius 2 is 1.73 bits per heavy atom. The van der Waals surface area contributed by atoms with Crippen molar-refractivity contribution in [3.63, 3.8) is 0 Å². The molecule has 2 N–H and O–H groups in total. The largest absolute Gasteiger partial charge is 0.383 e. The van der Waals surface area contributed by atoms with Crippen LogP contribution in [0.5, 0.6) is 0 Å². The van der Waals surface area contributed by atoms with Gasteiger partial charge in [-0.05, 0) is 18.4 Å². The van der Waals surface area contributed by atoms with Crippen molar-refractivity contribution in [3.05, 3.63) is 35.9 Å². The fourth-order valence-electron chi connectivity index (χ4n) is 2.60. The molecule has 1 amide bonds. The molecule has 1 aromatic carbocycles. The van der Waals surface area contributed by atoms with Gasteiger partial charge < -0.3 is 15.4 Å². The Hall–Kier alpha value is -1.10. The third kappa shape index (κ3) is 5.59. The predicted octanol–water partition coefficient (Wildman–Crippen LogP) is 2.52. The first kappa shape index (κ1) is 20.9. The Morgan fingerprint density at radius 3 is 2.27 bits per heavy atom. The molecule has 0 unspecified atom stereocenters. The lowest BCUT2D eigenvalue weighted by Gasteiger charge is -2.31. The van der Waals surface area contributed by atoms with E-state index in [0.29, 0.717) is 13.2 Å². The molecule has 0 heterocycles. The number of carbonyl (C=O) groups is 1. The van der Waals surface area contributed by atoms with Gasteiger partial charge in [0, 0.05) is 26.7 Å². The number of halogens is 1. The Labute approximate surface area is 140 Å². The summed E-state index contributed by atoms with van der Waals surface area (Å²) in [6.07, 6.45) is 1.60. The van der Waals surface area contributed by atoms with E-state index >= 15 is 0 Å². The monoisotopic (exact) mass is 328 g/mol. The number of hydrogen-bond acceptors (Lipinski definition) is 3. The number of hydrogen-bond donors (Lipinski definition) is 2. The average molecular weight is 329 g/mol. The lowest BCUT2D eigenvalue weighted by atomic mass is 9.75. The zero-order chi connectivity index (χ0) is 15.6. The number of nitrogens with one attached hydrogen (secondary N) is 2. The second-order valence-corrected chi connectivity index (χ2v) is 5.15. The molecule has 0 aromatic heterocycles. The van der Waals surface area contributed by atoms with E-state index in [1.54, 1.807) is 7.11 Å². The van der Waals surface area contributed by atoms with Gasteiger partial charge in [-0.15, -0.1) is 12.4 Å². The van der Waals surface area contributed by atoms with Crippen LogP contribution >= 0.6 is 12.4 Å². The van der Waals surface area contributed by atoms with E-state index in [9.17, 15) is 4.79 Å². The number of amides is 1. The second kappa shape index (κ2) is 11.5. The molecule has 0 fully saturated rings. The first-order valence-electron chi connectivity index (χ1n) is 7.74. The lowest BCUT2D eigenvalue weighted by molar-refractivity contribution is -0.127. The zero-order valence-corrected chi connectivity index (χ0v) is 14.7. The minimum atomic E-state index is -0.423. The molecule has 5 heteroatoms. The van der Waals surface area contributed by atoms with Gasteiger partial charge in [0.15, 0.2) is 0 Å². The average Bonchev–Trinajstić information content (AvgIpc) is 2.53. The molecule has 126 valence electrons. The van der Waals surface area contributed by atoms with Crippen LogP contribution in [-0.4, -0.2) is 39.3 Å². The van der Waals surface area contributed by atoms with Crippen LogP contribution in [0.4, 0.5) is 0 Å². The zero-order valence-electron chi connectivity index (χ0n) is 13.9. The smallest absolute Gasteiger partial charge is 0.230 e. The minimum Gasteiger partial charge on any atom is -0.383 e. The van der Waals surface area contributed by atoms with E-state index in [4.69, 9.17) is 4.74 Å². The molecule has 1 rings (SSSR count). The van der Waals surface area contributed by atoms with Gasteiger partial charge in [0.25, 0.3) is 0 Å². The molecule has 0 aliphatic carbocycles. The summed E-state index contributed by atoms with van der Waals surface area (Å²) in [6.45, 7) is 7.04. The van der Waals surface area contributed by atoms with Crippen LogP contribution in [0.15, 0.2) is 30.3 Å². The van der Waals surface area contributed by atoms with Crippen LogP contribution < -0.4 is 10.6 Å². The number of rotatable bonds is 10. The first-order valence-corrected chi connectivity index (χ1v) is 7.74. The molecule has 0 aliphatic heterocycles. The van der Waals surface area contributed by atoms with E-state index in [1.165, 1.54) is 0 Å². The molecular weight excluding hydrogens is 300 g/mol. The van der Waals surface area contributed by atoms with Crippen LogP contribution in [0.25, 0.3) is 0 Å². The molecule has 0 spiro atoms. The van der Waals surface area contributed by atoms with Gasteiger partial charge in [-0.25, -0.2) is 0 Å². The van der Waals surface area contributed by atoms with Crippen LogP contribution in [-0.2, 0) is 14.9 Å². The maximum atomic E-state index is 12.7. The topological polar surface area (TPSA) is 50.4 Å². The SMILES string of the molecule is CCC(CC)(C(=O)NCCNCCOC)c1ccccc1.Cl. The van der Waals surface area contributed by atoms with Crippen LogP contribution in [0.3, 0.4) is 0 Å². The molecule has 22 heavy (non-hydrogen) atoms. The van der Waals surface area contributed by atoms with Crippen molar-refractivity contribution in [2.75, 3.05) is 33.4 Å². The van der Waals surface area contributed by atoms with Gasteiger partial charge in [-0.2, -0.15) is 0 Å². The van der Waals surface area contributed by atoms with Crippen molar-refractivity contribution in [2.45, 2.75) is 32.1 Å². The Morgan fingerprint density at radius 1 is 1.09 bits per heavy atom. The maximum Gasteiger partial charge on any atom is 0.230 e. The Balaban J connectivity index is 0.00000441. The summed E-state index contributed by atoms with van der Waals surface area (Å²) in [4.78, 5) is 12.7. The van der Waals surface area contributed by atoms with Gasteiger partial charge in [-0.3, -0.25) is 4.79 Å². The molecule has 1 aromatic rings. The molecule has 0 aliphatic rings. The number of benzene rings is 1. The highest BCUT2D eigenvalue weighted by Crippen LogP contribution is 2.31. The van der Waals surface area contributed by atoms with Gasteiger partial charge in [0.1, 0.15) is 0 Å². The van der Waals surface area contributed by atoms with Crippen molar-refractivity contribution in [2.24, 2.45) is 0 Å². The fourth-order valence-corrected chi connectivity index (χ4v) is 2.60. The van der Waals surface area contributed by atoms with E-state index in [2.05, 4.69) is 24.5 Å². The summed E-state index contributed by atoms with van der Waals surface area (Å²) < 4.78 is 4.97. The number of ether oxygens (including phenoxy) is 1. The quantitative estimate of drug-likeness (QED) is 0.649. The minimum absolute atomic E-state index is 0. The summed E-state index contributed by atoms with van der Waals surface area (Å²) in [6, 6.07) is 10.1. The molecule has 0 saturated carbocycles. The van der Waals surface area contributed by atoms with Crippen molar-refractivity contribution < 1.29 is 9.53 Å². The number of carbonyl (C=O) groups excluding carboxylic acids is 1. The molecule has 0 radical (unpaired) electrons. The highest BCUT2D eigenvalue weighted by atomic mass is 35.5. The predicted molar refractivity (Wildman–Crippen MR) is 93.7 cm³/mol. The summed E-state index contributed by atoms with van der Waals surface area (Å²) in [5.41, 5.74) is 0.674.